The first-order valence-electron chi connectivity index (χ1n) is 9.15. The Labute approximate surface area is 180 Å². The lowest BCUT2D eigenvalue weighted by Gasteiger charge is -2.17. The van der Waals surface area contributed by atoms with Crippen LogP contribution in [0.1, 0.15) is 17.3 Å². The number of amides is 2. The number of benzene rings is 2. The Kier molecular flexibility index (Phi) is 7.09. The van der Waals surface area contributed by atoms with E-state index in [0.717, 1.165) is 6.07 Å². The molecule has 31 heavy (non-hydrogen) atoms. The number of carbonyl (C=O) groups is 3. The molecule has 0 bridgehead atoms. The summed E-state index contributed by atoms with van der Waals surface area (Å²) >= 11 is 1.32. The predicted octanol–water partition coefficient (Wildman–Crippen LogP) is 4.05. The van der Waals surface area contributed by atoms with Crippen molar-refractivity contribution in [2.24, 2.45) is 0 Å². The first kappa shape index (κ1) is 22.1. The Hall–Kier alpha value is -3.59. The van der Waals surface area contributed by atoms with Gasteiger partial charge in [0.15, 0.2) is 0 Å². The molecule has 160 valence electrons. The van der Waals surface area contributed by atoms with Crippen molar-refractivity contribution >= 4 is 34.8 Å². The van der Waals surface area contributed by atoms with Crippen LogP contribution in [0, 0.1) is 11.6 Å². The topological polar surface area (TPSA) is 84.5 Å². The van der Waals surface area contributed by atoms with E-state index in [2.05, 4.69) is 15.4 Å². The Morgan fingerprint density at radius 1 is 1.00 bits per heavy atom. The van der Waals surface area contributed by atoms with Gasteiger partial charge in [0.2, 0.25) is 0 Å². The van der Waals surface area contributed by atoms with Gasteiger partial charge in [-0.25, -0.2) is 8.78 Å². The number of nitrogens with one attached hydrogen (secondary N) is 2. The molecule has 3 aromatic rings. The van der Waals surface area contributed by atoms with Crippen molar-refractivity contribution < 1.29 is 27.9 Å². The summed E-state index contributed by atoms with van der Waals surface area (Å²) < 4.78 is 31.7. The maximum atomic E-state index is 13.8. The van der Waals surface area contributed by atoms with Crippen molar-refractivity contribution in [2.75, 3.05) is 12.4 Å². The first-order valence-corrected chi connectivity index (χ1v) is 10.0. The lowest BCUT2D eigenvalue weighted by atomic mass is 10.0. The standard InChI is InChI=1S/C22H18F2N2O4S/c1-30-20(27)12-18(19-3-2-10-31-19)26-22(29)21(28)25-17-9-8-15(24)11-16(17)13-4-6-14(23)7-5-13/h2-11,18H,12H2,1H3,(H,25,28)(H,26,29). The second-order valence-electron chi connectivity index (χ2n) is 6.47. The van der Waals surface area contributed by atoms with E-state index in [4.69, 9.17) is 0 Å². The minimum absolute atomic E-state index is 0.145. The molecule has 1 atom stereocenters. The smallest absolute Gasteiger partial charge is 0.313 e. The van der Waals surface area contributed by atoms with Crippen molar-refractivity contribution in [1.82, 2.24) is 5.32 Å². The number of rotatable bonds is 6. The van der Waals surface area contributed by atoms with Gasteiger partial charge in [-0.1, -0.05) is 18.2 Å². The molecule has 0 aliphatic heterocycles. The zero-order chi connectivity index (χ0) is 22.4. The molecule has 9 heteroatoms. The molecule has 0 fully saturated rings. The maximum absolute atomic E-state index is 13.8. The highest BCUT2D eigenvalue weighted by Crippen LogP contribution is 2.29. The van der Waals surface area contributed by atoms with Crippen LogP contribution in [0.15, 0.2) is 60.0 Å². The summed E-state index contributed by atoms with van der Waals surface area (Å²) in [6.45, 7) is 0. The van der Waals surface area contributed by atoms with Crippen molar-refractivity contribution in [3.8, 4) is 11.1 Å². The van der Waals surface area contributed by atoms with Crippen LogP contribution in [0.4, 0.5) is 14.5 Å². The van der Waals surface area contributed by atoms with Crippen LogP contribution in [0.5, 0.6) is 0 Å². The van der Waals surface area contributed by atoms with Crippen LogP contribution in [0.2, 0.25) is 0 Å². The van der Waals surface area contributed by atoms with E-state index >= 15 is 0 Å². The summed E-state index contributed by atoms with van der Waals surface area (Å²) in [7, 11) is 1.23. The Bertz CT molecular complexity index is 1090. The van der Waals surface area contributed by atoms with Gasteiger partial charge >= 0.3 is 17.8 Å². The third-order valence-electron chi connectivity index (χ3n) is 4.38. The molecule has 6 nitrogen and oxygen atoms in total. The zero-order valence-corrected chi connectivity index (χ0v) is 17.2. The lowest BCUT2D eigenvalue weighted by Crippen LogP contribution is -2.38. The highest BCUT2D eigenvalue weighted by molar-refractivity contribution is 7.10. The van der Waals surface area contributed by atoms with E-state index in [9.17, 15) is 23.2 Å². The summed E-state index contributed by atoms with van der Waals surface area (Å²) in [4.78, 5) is 37.4. The molecule has 0 saturated heterocycles. The summed E-state index contributed by atoms with van der Waals surface area (Å²) in [5.74, 6) is -3.54. The molecule has 3 rings (SSSR count). The van der Waals surface area contributed by atoms with E-state index < -0.39 is 35.5 Å². The highest BCUT2D eigenvalue weighted by atomic mass is 32.1. The summed E-state index contributed by atoms with van der Waals surface area (Å²) in [6.07, 6.45) is -0.145. The molecule has 0 saturated carbocycles. The minimum atomic E-state index is -0.999. The van der Waals surface area contributed by atoms with Crippen LogP contribution in [0.3, 0.4) is 0 Å². The van der Waals surface area contributed by atoms with Gasteiger partial charge in [0.1, 0.15) is 11.6 Å². The molecule has 2 N–H and O–H groups in total. The number of anilines is 1. The van der Waals surface area contributed by atoms with E-state index in [0.29, 0.717) is 10.4 Å². The Morgan fingerprint density at radius 2 is 1.71 bits per heavy atom. The van der Waals surface area contributed by atoms with Gasteiger partial charge in [0.25, 0.3) is 0 Å². The minimum Gasteiger partial charge on any atom is -0.469 e. The SMILES string of the molecule is COC(=O)CC(NC(=O)C(=O)Nc1ccc(F)cc1-c1ccc(F)cc1)c1cccs1. The zero-order valence-electron chi connectivity index (χ0n) is 16.4. The second-order valence-corrected chi connectivity index (χ2v) is 7.45. The molecule has 1 unspecified atom stereocenters. The number of halogens is 2. The van der Waals surface area contributed by atoms with Gasteiger partial charge in [0.05, 0.1) is 19.6 Å². The Morgan fingerprint density at radius 3 is 2.35 bits per heavy atom. The van der Waals surface area contributed by atoms with E-state index in [1.807, 2.05) is 0 Å². The quantitative estimate of drug-likeness (QED) is 0.444. The molecule has 1 heterocycles. The van der Waals surface area contributed by atoms with Crippen molar-refractivity contribution in [1.29, 1.82) is 0 Å². The summed E-state index contributed by atoms with van der Waals surface area (Å²) in [5.41, 5.74) is 0.915. The molecule has 1 aromatic heterocycles. The molecule has 0 spiro atoms. The second kappa shape index (κ2) is 9.94. The van der Waals surface area contributed by atoms with Crippen LogP contribution in [0.25, 0.3) is 11.1 Å². The summed E-state index contributed by atoms with van der Waals surface area (Å²) in [6, 6.07) is 11.6. The van der Waals surface area contributed by atoms with Gasteiger partial charge in [-0.3, -0.25) is 14.4 Å². The molecular formula is C22H18F2N2O4S. The van der Waals surface area contributed by atoms with Crippen LogP contribution < -0.4 is 10.6 Å². The molecule has 2 amide bonds. The number of hydrogen-bond donors (Lipinski definition) is 2. The van der Waals surface area contributed by atoms with Gasteiger partial charge in [-0.05, 0) is 47.3 Å². The number of hydrogen-bond acceptors (Lipinski definition) is 5. The molecule has 0 radical (unpaired) electrons. The van der Waals surface area contributed by atoms with E-state index in [1.54, 1.807) is 17.5 Å². The van der Waals surface area contributed by atoms with Crippen LogP contribution in [-0.2, 0) is 19.1 Å². The number of thiophene rings is 1. The highest BCUT2D eigenvalue weighted by Gasteiger charge is 2.24. The third-order valence-corrected chi connectivity index (χ3v) is 5.37. The Balaban J connectivity index is 1.78. The number of esters is 1. The lowest BCUT2D eigenvalue weighted by molar-refractivity contribution is -0.142. The normalized spacial score (nSPS) is 11.5. The maximum Gasteiger partial charge on any atom is 0.313 e. The largest absolute Gasteiger partial charge is 0.469 e. The van der Waals surface area contributed by atoms with E-state index in [1.165, 1.54) is 54.8 Å². The van der Waals surface area contributed by atoms with Gasteiger partial charge in [-0.2, -0.15) is 0 Å². The average Bonchev–Trinajstić information content (AvgIpc) is 3.29. The molecule has 0 aliphatic rings. The van der Waals surface area contributed by atoms with E-state index in [-0.39, 0.29) is 17.7 Å². The van der Waals surface area contributed by atoms with Gasteiger partial charge < -0.3 is 15.4 Å². The van der Waals surface area contributed by atoms with Gasteiger partial charge in [-0.15, -0.1) is 11.3 Å². The fourth-order valence-corrected chi connectivity index (χ4v) is 3.64. The molecular weight excluding hydrogens is 426 g/mol. The van der Waals surface area contributed by atoms with Gasteiger partial charge in [0, 0.05) is 16.1 Å². The fourth-order valence-electron chi connectivity index (χ4n) is 2.86. The first-order chi connectivity index (χ1) is 14.9. The molecule has 0 aliphatic carbocycles. The number of ether oxygens (including phenoxy) is 1. The fraction of sp³-hybridized carbons (Fsp3) is 0.136. The van der Waals surface area contributed by atoms with Crippen molar-refractivity contribution in [2.45, 2.75) is 12.5 Å². The van der Waals surface area contributed by atoms with Crippen molar-refractivity contribution in [3.63, 3.8) is 0 Å². The van der Waals surface area contributed by atoms with Crippen LogP contribution >= 0.6 is 11.3 Å². The number of carbonyl (C=O) groups excluding carboxylic acids is 3. The monoisotopic (exact) mass is 444 g/mol. The summed E-state index contributed by atoms with van der Waals surface area (Å²) in [5, 5.41) is 6.74. The molecule has 2 aromatic carbocycles. The number of methoxy groups -OCH3 is 1. The average molecular weight is 444 g/mol. The van der Waals surface area contributed by atoms with Crippen LogP contribution in [-0.4, -0.2) is 24.9 Å². The predicted molar refractivity (Wildman–Crippen MR) is 112 cm³/mol. The van der Waals surface area contributed by atoms with Crippen molar-refractivity contribution in [3.05, 3.63) is 76.5 Å². The third kappa shape index (κ3) is 5.73.